The Morgan fingerprint density at radius 1 is 1.26 bits per heavy atom. The molecule has 0 saturated carbocycles. The molecule has 0 unspecified atom stereocenters. The first-order valence-electron chi connectivity index (χ1n) is 5.70. The van der Waals surface area contributed by atoms with E-state index in [-0.39, 0.29) is 23.8 Å². The second kappa shape index (κ2) is 5.92. The summed E-state index contributed by atoms with van der Waals surface area (Å²) in [5, 5.41) is 11.6. The van der Waals surface area contributed by atoms with Gasteiger partial charge >= 0.3 is 0 Å². The smallest absolute Gasteiger partial charge is 0.271 e. The first-order valence-corrected chi connectivity index (χ1v) is 5.70. The topological polar surface area (TPSA) is 95.1 Å². The fraction of sp³-hybridized carbons (Fsp3) is 0.154. The highest BCUT2D eigenvalue weighted by Gasteiger charge is 2.06. The van der Waals surface area contributed by atoms with Crippen molar-refractivity contribution in [1.82, 2.24) is 15.3 Å². The van der Waals surface area contributed by atoms with Crippen molar-refractivity contribution in [2.75, 3.05) is 0 Å². The van der Waals surface area contributed by atoms with Gasteiger partial charge in [-0.15, -0.1) is 0 Å². The Morgan fingerprint density at radius 3 is 2.53 bits per heavy atom. The van der Waals surface area contributed by atoms with E-state index in [0.29, 0.717) is 6.54 Å². The van der Waals surface area contributed by atoms with Crippen LogP contribution in [-0.4, -0.2) is 21.0 Å². The van der Waals surface area contributed by atoms with E-state index in [1.165, 1.54) is 6.20 Å². The van der Waals surface area contributed by atoms with Crippen LogP contribution in [-0.2, 0) is 13.2 Å². The van der Waals surface area contributed by atoms with E-state index in [0.717, 1.165) is 17.3 Å². The Morgan fingerprint density at radius 2 is 1.95 bits per heavy atom. The van der Waals surface area contributed by atoms with Gasteiger partial charge in [-0.05, 0) is 11.1 Å². The fourth-order valence-electron chi connectivity index (χ4n) is 1.50. The zero-order valence-corrected chi connectivity index (χ0v) is 10.1. The number of aromatic nitrogens is 2. The van der Waals surface area contributed by atoms with Crippen LogP contribution in [0.1, 0.15) is 21.6 Å². The van der Waals surface area contributed by atoms with Gasteiger partial charge in [0, 0.05) is 12.7 Å². The number of carbonyl (C=O) groups excluding carboxylic acids is 1. The molecule has 0 radical (unpaired) electrons. The van der Waals surface area contributed by atoms with Gasteiger partial charge in [0.15, 0.2) is 0 Å². The highest BCUT2D eigenvalue weighted by atomic mass is 16.3. The molecule has 2 rings (SSSR count). The third-order valence-corrected chi connectivity index (χ3v) is 2.56. The molecule has 1 amide bonds. The highest BCUT2D eigenvalue weighted by Crippen LogP contribution is 2.04. The van der Waals surface area contributed by atoms with Crippen LogP contribution in [0.15, 0.2) is 41.5 Å². The van der Waals surface area contributed by atoms with Crippen LogP contribution in [0, 0.1) is 0 Å². The fourth-order valence-corrected chi connectivity index (χ4v) is 1.50. The van der Waals surface area contributed by atoms with Crippen molar-refractivity contribution in [1.29, 1.82) is 0 Å². The SMILES string of the molecule is O=C(NCc1ccc(CO)cc1)c1c[nH]c(=O)cn1. The van der Waals surface area contributed by atoms with Crippen molar-refractivity contribution in [2.45, 2.75) is 13.2 Å². The lowest BCUT2D eigenvalue weighted by atomic mass is 10.1. The number of hydrogen-bond donors (Lipinski definition) is 3. The number of rotatable bonds is 4. The van der Waals surface area contributed by atoms with E-state index >= 15 is 0 Å². The summed E-state index contributed by atoms with van der Waals surface area (Å²) >= 11 is 0. The van der Waals surface area contributed by atoms with Gasteiger partial charge in [-0.3, -0.25) is 9.59 Å². The van der Waals surface area contributed by atoms with Gasteiger partial charge in [-0.1, -0.05) is 24.3 Å². The minimum atomic E-state index is -0.359. The molecule has 1 heterocycles. The quantitative estimate of drug-likeness (QED) is 0.730. The molecular formula is C13H13N3O3. The van der Waals surface area contributed by atoms with Crippen molar-refractivity contribution in [3.63, 3.8) is 0 Å². The van der Waals surface area contributed by atoms with Crippen LogP contribution in [0.4, 0.5) is 0 Å². The molecule has 1 aromatic carbocycles. The molecule has 3 N–H and O–H groups in total. The van der Waals surface area contributed by atoms with Crippen LogP contribution in [0.3, 0.4) is 0 Å². The van der Waals surface area contributed by atoms with Crippen LogP contribution >= 0.6 is 0 Å². The van der Waals surface area contributed by atoms with Crippen LogP contribution in [0.25, 0.3) is 0 Å². The number of aliphatic hydroxyl groups excluding tert-OH is 1. The molecule has 0 aliphatic carbocycles. The van der Waals surface area contributed by atoms with Crippen molar-refractivity contribution < 1.29 is 9.90 Å². The van der Waals surface area contributed by atoms with Gasteiger partial charge in [-0.2, -0.15) is 0 Å². The number of benzene rings is 1. The van der Waals surface area contributed by atoms with Crippen molar-refractivity contribution in [2.24, 2.45) is 0 Å². The van der Waals surface area contributed by atoms with Gasteiger partial charge in [-0.25, -0.2) is 4.98 Å². The molecule has 6 heteroatoms. The Bertz CT molecular complexity index is 599. The summed E-state index contributed by atoms with van der Waals surface area (Å²) < 4.78 is 0. The largest absolute Gasteiger partial charge is 0.392 e. The Labute approximate surface area is 109 Å². The predicted octanol–water partition coefficient (Wildman–Crippen LogP) is 0.192. The maximum absolute atomic E-state index is 11.7. The molecule has 98 valence electrons. The summed E-state index contributed by atoms with van der Waals surface area (Å²) in [6.45, 7) is 0.347. The van der Waals surface area contributed by atoms with Crippen LogP contribution in [0.5, 0.6) is 0 Å². The number of hydrogen-bond acceptors (Lipinski definition) is 4. The average molecular weight is 259 g/mol. The van der Waals surface area contributed by atoms with Crippen molar-refractivity contribution >= 4 is 5.91 Å². The predicted molar refractivity (Wildman–Crippen MR) is 68.4 cm³/mol. The summed E-state index contributed by atoms with van der Waals surface area (Å²) in [7, 11) is 0. The molecule has 0 fully saturated rings. The van der Waals surface area contributed by atoms with E-state index in [1.54, 1.807) is 12.1 Å². The summed E-state index contributed by atoms with van der Waals surface area (Å²) in [6.07, 6.45) is 2.33. The van der Waals surface area contributed by atoms with E-state index < -0.39 is 0 Å². The normalized spacial score (nSPS) is 10.2. The van der Waals surface area contributed by atoms with Gasteiger partial charge < -0.3 is 15.4 Å². The minimum Gasteiger partial charge on any atom is -0.392 e. The molecule has 6 nitrogen and oxygen atoms in total. The molecule has 0 spiro atoms. The molecule has 0 atom stereocenters. The molecule has 0 saturated heterocycles. The zero-order chi connectivity index (χ0) is 13.7. The van der Waals surface area contributed by atoms with E-state index in [1.807, 2.05) is 12.1 Å². The van der Waals surface area contributed by atoms with Crippen LogP contribution in [0.2, 0.25) is 0 Å². The van der Waals surface area contributed by atoms with Gasteiger partial charge in [0.05, 0.1) is 12.8 Å². The number of aromatic amines is 1. The molecular weight excluding hydrogens is 246 g/mol. The number of amides is 1. The zero-order valence-electron chi connectivity index (χ0n) is 10.1. The molecule has 2 aromatic rings. The molecule has 1 aromatic heterocycles. The van der Waals surface area contributed by atoms with Crippen LogP contribution < -0.4 is 10.9 Å². The summed E-state index contributed by atoms with van der Waals surface area (Å²) in [5.74, 6) is -0.359. The Balaban J connectivity index is 1.96. The standard InChI is InChI=1S/C13H13N3O3/c17-8-10-3-1-9(2-4-10)5-16-13(19)11-6-15-12(18)7-14-11/h1-4,6-7,17H,5,8H2,(H,15,18)(H,16,19). The Kier molecular flexibility index (Phi) is 4.04. The number of nitrogens with one attached hydrogen (secondary N) is 2. The lowest BCUT2D eigenvalue weighted by Crippen LogP contribution is -2.25. The molecule has 0 bridgehead atoms. The first kappa shape index (κ1) is 13.0. The second-order valence-corrected chi connectivity index (χ2v) is 3.95. The Hall–Kier alpha value is -2.47. The van der Waals surface area contributed by atoms with Gasteiger partial charge in [0.25, 0.3) is 11.5 Å². The lowest BCUT2D eigenvalue weighted by molar-refractivity contribution is 0.0945. The van der Waals surface area contributed by atoms with Crippen molar-refractivity contribution in [3.05, 3.63) is 63.8 Å². The van der Waals surface area contributed by atoms with Crippen molar-refractivity contribution in [3.8, 4) is 0 Å². The molecule has 19 heavy (non-hydrogen) atoms. The highest BCUT2D eigenvalue weighted by molar-refractivity contribution is 5.91. The molecule has 0 aliphatic heterocycles. The number of carbonyl (C=O) groups is 1. The summed E-state index contributed by atoms with van der Waals surface area (Å²) in [6, 6.07) is 7.23. The number of H-pyrrole nitrogens is 1. The average Bonchev–Trinajstić information content (AvgIpc) is 2.46. The summed E-state index contributed by atoms with van der Waals surface area (Å²) in [4.78, 5) is 28.6. The first-order chi connectivity index (χ1) is 9.19. The second-order valence-electron chi connectivity index (χ2n) is 3.95. The van der Waals surface area contributed by atoms with E-state index in [4.69, 9.17) is 5.11 Å². The maximum Gasteiger partial charge on any atom is 0.271 e. The summed E-state index contributed by atoms with van der Waals surface area (Å²) in [5.41, 5.74) is 1.54. The monoisotopic (exact) mass is 259 g/mol. The lowest BCUT2D eigenvalue weighted by Gasteiger charge is -2.05. The van der Waals surface area contributed by atoms with E-state index in [2.05, 4.69) is 15.3 Å². The third kappa shape index (κ3) is 3.49. The number of aliphatic hydroxyl groups is 1. The maximum atomic E-state index is 11.7. The third-order valence-electron chi connectivity index (χ3n) is 2.56. The number of nitrogens with zero attached hydrogens (tertiary/aromatic N) is 1. The molecule has 0 aliphatic rings. The minimum absolute atomic E-state index is 0.00601. The van der Waals surface area contributed by atoms with E-state index in [9.17, 15) is 9.59 Å². The van der Waals surface area contributed by atoms with Gasteiger partial charge in [0.1, 0.15) is 5.69 Å². The van der Waals surface area contributed by atoms with Gasteiger partial charge in [0.2, 0.25) is 0 Å².